The minimum Gasteiger partial charge on any atom is -0.379 e. The summed E-state index contributed by atoms with van der Waals surface area (Å²) < 4.78 is 15.6. The first kappa shape index (κ1) is 16.2. The molecule has 2 heterocycles. The van der Waals surface area contributed by atoms with Crippen molar-refractivity contribution in [1.82, 2.24) is 15.1 Å². The Kier molecular flexibility index (Phi) is 4.09. The summed E-state index contributed by atoms with van der Waals surface area (Å²) in [6.07, 6.45) is 1.93. The molecule has 0 radical (unpaired) electrons. The first-order valence-corrected chi connectivity index (χ1v) is 7.66. The van der Waals surface area contributed by atoms with Crippen molar-refractivity contribution in [2.75, 3.05) is 0 Å². The molecule has 0 saturated heterocycles. The third-order valence-electron chi connectivity index (χ3n) is 4.30. The third-order valence-corrected chi connectivity index (χ3v) is 4.30. The Labute approximate surface area is 139 Å². The Bertz CT molecular complexity index is 815. The third kappa shape index (κ3) is 2.89. The summed E-state index contributed by atoms with van der Waals surface area (Å²) >= 11 is 0. The lowest BCUT2D eigenvalue weighted by atomic mass is 9.95. The second kappa shape index (κ2) is 6.07. The van der Waals surface area contributed by atoms with E-state index in [2.05, 4.69) is 15.6 Å². The molecule has 1 aromatic carbocycles. The van der Waals surface area contributed by atoms with E-state index in [9.17, 15) is 9.18 Å². The van der Waals surface area contributed by atoms with Crippen LogP contribution in [0.25, 0.3) is 0 Å². The van der Waals surface area contributed by atoms with Crippen molar-refractivity contribution >= 4 is 11.6 Å². The lowest BCUT2D eigenvalue weighted by Gasteiger charge is -2.20. The average Bonchev–Trinajstić information content (AvgIpc) is 3.11. The summed E-state index contributed by atoms with van der Waals surface area (Å²) in [7, 11) is 1.84. The van der Waals surface area contributed by atoms with Gasteiger partial charge >= 0.3 is 0 Å². The number of carbonyl (C=O) groups is 1. The van der Waals surface area contributed by atoms with Crippen LogP contribution >= 0.6 is 0 Å². The zero-order chi connectivity index (χ0) is 17.3. The van der Waals surface area contributed by atoms with E-state index in [0.29, 0.717) is 17.8 Å². The molecule has 0 spiro atoms. The van der Waals surface area contributed by atoms with Crippen LogP contribution in [0.1, 0.15) is 30.2 Å². The number of oxime groups is 1. The van der Waals surface area contributed by atoms with Crippen molar-refractivity contribution < 1.29 is 14.0 Å². The van der Waals surface area contributed by atoms with Crippen molar-refractivity contribution in [3.05, 3.63) is 53.1 Å². The highest BCUT2D eigenvalue weighted by Crippen LogP contribution is 2.27. The summed E-state index contributed by atoms with van der Waals surface area (Å²) in [5, 5.41) is 10.9. The number of benzene rings is 1. The maximum Gasteiger partial charge on any atom is 0.267 e. The fraction of sp³-hybridized carbons (Fsp3) is 0.353. The number of aryl methyl sites for hydroxylation is 1. The SMILES string of the molecule is Cc1c(CNC(=O)[C@@]2(C)CC(c3ccccc3F)=NO2)cnn1C. The quantitative estimate of drug-likeness (QED) is 0.933. The molecule has 0 fully saturated rings. The zero-order valence-corrected chi connectivity index (χ0v) is 13.8. The molecule has 126 valence electrons. The van der Waals surface area contributed by atoms with Crippen LogP contribution < -0.4 is 5.32 Å². The first-order valence-electron chi connectivity index (χ1n) is 7.66. The molecular formula is C17H19FN4O2. The van der Waals surface area contributed by atoms with Crippen LogP contribution in [-0.4, -0.2) is 27.0 Å². The Morgan fingerprint density at radius 2 is 2.21 bits per heavy atom. The lowest BCUT2D eigenvalue weighted by molar-refractivity contribution is -0.141. The predicted octanol–water partition coefficient (Wildman–Crippen LogP) is 2.07. The van der Waals surface area contributed by atoms with E-state index in [4.69, 9.17) is 4.84 Å². The molecule has 2 aromatic rings. The molecule has 1 atom stereocenters. The molecule has 7 heteroatoms. The smallest absolute Gasteiger partial charge is 0.267 e. The zero-order valence-electron chi connectivity index (χ0n) is 13.8. The number of hydrogen-bond acceptors (Lipinski definition) is 4. The number of halogens is 1. The number of amides is 1. The van der Waals surface area contributed by atoms with Gasteiger partial charge in [0.2, 0.25) is 5.60 Å². The monoisotopic (exact) mass is 330 g/mol. The Morgan fingerprint density at radius 1 is 1.46 bits per heavy atom. The maximum atomic E-state index is 13.9. The highest BCUT2D eigenvalue weighted by atomic mass is 19.1. The fourth-order valence-corrected chi connectivity index (χ4v) is 2.58. The van der Waals surface area contributed by atoms with Gasteiger partial charge in [-0.2, -0.15) is 5.10 Å². The molecule has 0 aliphatic carbocycles. The van der Waals surface area contributed by atoms with Gasteiger partial charge in [0.15, 0.2) is 0 Å². The Morgan fingerprint density at radius 3 is 2.88 bits per heavy atom. The van der Waals surface area contributed by atoms with E-state index in [-0.39, 0.29) is 18.1 Å². The number of rotatable bonds is 4. The number of carbonyl (C=O) groups excluding carboxylic acids is 1. The van der Waals surface area contributed by atoms with Crippen LogP contribution in [0.3, 0.4) is 0 Å². The molecule has 0 saturated carbocycles. The van der Waals surface area contributed by atoms with Crippen LogP contribution in [-0.2, 0) is 23.2 Å². The van der Waals surface area contributed by atoms with Crippen LogP contribution in [0, 0.1) is 12.7 Å². The van der Waals surface area contributed by atoms with Crippen molar-refractivity contribution in [2.45, 2.75) is 32.4 Å². The van der Waals surface area contributed by atoms with Gasteiger partial charge < -0.3 is 10.2 Å². The van der Waals surface area contributed by atoms with Crippen LogP contribution in [0.2, 0.25) is 0 Å². The lowest BCUT2D eigenvalue weighted by Crippen LogP contribution is -2.44. The summed E-state index contributed by atoms with van der Waals surface area (Å²) in [5.41, 5.74) is 1.56. The van der Waals surface area contributed by atoms with Crippen LogP contribution in [0.5, 0.6) is 0 Å². The number of nitrogens with zero attached hydrogens (tertiary/aromatic N) is 3. The van der Waals surface area contributed by atoms with Crippen LogP contribution in [0.15, 0.2) is 35.6 Å². The number of nitrogens with one attached hydrogen (secondary N) is 1. The van der Waals surface area contributed by atoms with Crippen molar-refractivity contribution in [1.29, 1.82) is 0 Å². The van der Waals surface area contributed by atoms with E-state index in [0.717, 1.165) is 11.3 Å². The van der Waals surface area contributed by atoms with Gasteiger partial charge in [-0.05, 0) is 19.9 Å². The van der Waals surface area contributed by atoms with Crippen LogP contribution in [0.4, 0.5) is 4.39 Å². The molecule has 1 amide bonds. The molecule has 1 aliphatic rings. The van der Waals surface area contributed by atoms with E-state index in [1.807, 2.05) is 14.0 Å². The van der Waals surface area contributed by atoms with Gasteiger partial charge in [0, 0.05) is 36.8 Å². The van der Waals surface area contributed by atoms with Crippen molar-refractivity contribution in [3.63, 3.8) is 0 Å². The van der Waals surface area contributed by atoms with Gasteiger partial charge in [0.1, 0.15) is 5.82 Å². The summed E-state index contributed by atoms with van der Waals surface area (Å²) in [4.78, 5) is 17.8. The van der Waals surface area contributed by atoms with Gasteiger partial charge in [-0.3, -0.25) is 9.48 Å². The van der Waals surface area contributed by atoms with Gasteiger partial charge in [0.05, 0.1) is 11.9 Å². The molecule has 1 N–H and O–H groups in total. The molecule has 1 aromatic heterocycles. The van der Waals surface area contributed by atoms with Crippen molar-refractivity contribution in [2.24, 2.45) is 12.2 Å². The van der Waals surface area contributed by atoms with Crippen molar-refractivity contribution in [3.8, 4) is 0 Å². The molecule has 1 aliphatic heterocycles. The Balaban J connectivity index is 1.66. The summed E-state index contributed by atoms with van der Waals surface area (Å²) in [5.74, 6) is -0.670. The number of hydrogen-bond donors (Lipinski definition) is 1. The second-order valence-corrected chi connectivity index (χ2v) is 6.08. The Hall–Kier alpha value is -2.70. The normalized spacial score (nSPS) is 19.8. The molecule has 24 heavy (non-hydrogen) atoms. The fourth-order valence-electron chi connectivity index (χ4n) is 2.58. The topological polar surface area (TPSA) is 68.5 Å². The largest absolute Gasteiger partial charge is 0.379 e. The van der Waals surface area contributed by atoms with Gasteiger partial charge in [-0.15, -0.1) is 0 Å². The number of aromatic nitrogens is 2. The highest BCUT2D eigenvalue weighted by Gasteiger charge is 2.42. The minimum atomic E-state index is -1.15. The van der Waals surface area contributed by atoms with Gasteiger partial charge in [0.25, 0.3) is 5.91 Å². The molecule has 3 rings (SSSR count). The van der Waals surface area contributed by atoms with E-state index >= 15 is 0 Å². The van der Waals surface area contributed by atoms with E-state index in [1.165, 1.54) is 6.07 Å². The van der Waals surface area contributed by atoms with E-state index in [1.54, 1.807) is 36.0 Å². The van der Waals surface area contributed by atoms with Gasteiger partial charge in [-0.1, -0.05) is 23.4 Å². The molecular weight excluding hydrogens is 311 g/mol. The maximum absolute atomic E-state index is 13.9. The molecule has 6 nitrogen and oxygen atoms in total. The minimum absolute atomic E-state index is 0.214. The predicted molar refractivity (Wildman–Crippen MR) is 86.8 cm³/mol. The van der Waals surface area contributed by atoms with Gasteiger partial charge in [-0.25, -0.2) is 4.39 Å². The van der Waals surface area contributed by atoms with E-state index < -0.39 is 5.60 Å². The standard InChI is InChI=1S/C17H19FN4O2/c1-11-12(10-20-22(11)3)9-19-16(23)17(2)8-15(21-24-17)13-6-4-5-7-14(13)18/h4-7,10H,8-9H2,1-3H3,(H,19,23)/t17-/m1/s1. The summed E-state index contributed by atoms with van der Waals surface area (Å²) in [6, 6.07) is 6.32. The average molecular weight is 330 g/mol. The molecule has 0 bridgehead atoms. The summed E-state index contributed by atoms with van der Waals surface area (Å²) in [6.45, 7) is 3.93. The second-order valence-electron chi connectivity index (χ2n) is 6.08. The molecule has 0 unspecified atom stereocenters. The first-order chi connectivity index (χ1) is 11.4. The highest BCUT2D eigenvalue weighted by molar-refractivity contribution is 6.05.